The smallest absolute Gasteiger partial charge is 0.315 e. The minimum atomic E-state index is -1.16. The van der Waals surface area contributed by atoms with E-state index in [0.29, 0.717) is 6.42 Å². The molecule has 0 saturated carbocycles. The number of urea groups is 1. The molecule has 0 spiro atoms. The second-order valence-electron chi connectivity index (χ2n) is 16.2. The topological polar surface area (TPSA) is 168 Å². The maximum Gasteiger partial charge on any atom is 0.315 e. The number of hydrogen-bond donors (Lipinski definition) is 4. The van der Waals surface area contributed by atoms with Crippen LogP contribution < -0.4 is 21.7 Å². The minimum Gasteiger partial charge on any atom is -0.363 e. The molecule has 2 rings (SSSR count). The van der Waals surface area contributed by atoms with Crippen LogP contribution >= 0.6 is 0 Å². The Hall–Kier alpha value is -3.76. The number of primary amides is 1. The summed E-state index contributed by atoms with van der Waals surface area (Å²) in [6, 6.07) is 5.29. The van der Waals surface area contributed by atoms with Crippen LogP contribution in [0.3, 0.4) is 0 Å². The van der Waals surface area contributed by atoms with Gasteiger partial charge in [-0.2, -0.15) is 0 Å². The van der Waals surface area contributed by atoms with E-state index in [1.807, 2.05) is 113 Å². The molecule has 52 heavy (non-hydrogen) atoms. The lowest BCUT2D eigenvalue weighted by Crippen LogP contribution is -2.60. The predicted molar refractivity (Wildman–Crippen MR) is 211 cm³/mol. The number of nitrogens with two attached hydrogens (primary N) is 1. The molecule has 5 atom stereocenters. The molecule has 11 nitrogen and oxygen atoms in total. The highest BCUT2D eigenvalue weighted by Crippen LogP contribution is 2.38. The standard InChI is InChI=1S/C33H51N5O6.C4H10.2C2H6/c1-19(2)24(17-23(39)15-21-13-11-10-12-14-21)36-31(44)37-27(33(7,8)9)30(43)38-18-22(32(4,5)6)16-25(38)29(42)35-20(3)26(40)28(34)41;1-4(2)3;2*1-2/h10-14,19-20,22,24-25,27H,15-18H2,1-9H3,(H2,34,41)(H,35,42)(H2,36,37,44);4H,1-3H3;2*1-2H3. The number of ketones is 2. The molecule has 0 aliphatic carbocycles. The Morgan fingerprint density at radius 1 is 0.808 bits per heavy atom. The summed E-state index contributed by atoms with van der Waals surface area (Å²) in [7, 11) is 0. The van der Waals surface area contributed by atoms with E-state index >= 15 is 0 Å². The third kappa shape index (κ3) is 18.1. The van der Waals surface area contributed by atoms with Gasteiger partial charge in [0.05, 0.1) is 6.04 Å². The molecule has 0 aromatic heterocycles. The second-order valence-corrected chi connectivity index (χ2v) is 16.2. The van der Waals surface area contributed by atoms with Crippen molar-refractivity contribution in [3.05, 3.63) is 35.9 Å². The number of Topliss-reactive ketones (excluding diaryl/α,β-unsaturated/α-hetero) is 2. The SMILES string of the molecule is CC.CC.CC(C)C.CC(NC(=O)C1CC(C(C)(C)C)CN1C(=O)C(NC(=O)NC(CC(=O)Cc1ccccc1)C(C)C)C(C)(C)C)C(=O)C(N)=O. The molecule has 298 valence electrons. The quantitative estimate of drug-likeness (QED) is 0.180. The van der Waals surface area contributed by atoms with E-state index in [1.165, 1.54) is 11.8 Å². The molecular weight excluding hydrogens is 658 g/mol. The number of carbonyl (C=O) groups is 6. The number of rotatable bonds is 12. The van der Waals surface area contributed by atoms with E-state index in [2.05, 4.69) is 36.7 Å². The summed E-state index contributed by atoms with van der Waals surface area (Å²) >= 11 is 0. The first-order valence-corrected chi connectivity index (χ1v) is 19.0. The molecular formula is C41H73N5O6. The molecule has 5 N–H and O–H groups in total. The lowest BCUT2D eigenvalue weighted by atomic mass is 9.79. The third-order valence-corrected chi connectivity index (χ3v) is 8.31. The average molecular weight is 732 g/mol. The lowest BCUT2D eigenvalue weighted by molar-refractivity contribution is -0.143. The number of carbonyl (C=O) groups excluding carboxylic acids is 6. The summed E-state index contributed by atoms with van der Waals surface area (Å²) in [6.45, 7) is 31.5. The molecule has 1 aliphatic rings. The van der Waals surface area contributed by atoms with Gasteiger partial charge in [0.2, 0.25) is 17.6 Å². The van der Waals surface area contributed by atoms with Crippen molar-refractivity contribution in [3.8, 4) is 0 Å². The number of benzene rings is 1. The number of likely N-dealkylation sites (tertiary alicyclic amines) is 1. The van der Waals surface area contributed by atoms with Crippen LogP contribution in [0.5, 0.6) is 0 Å². The second kappa shape index (κ2) is 23.7. The fourth-order valence-electron chi connectivity index (χ4n) is 5.29. The lowest BCUT2D eigenvalue weighted by Gasteiger charge is -2.36. The van der Waals surface area contributed by atoms with Gasteiger partial charge < -0.3 is 26.6 Å². The van der Waals surface area contributed by atoms with Crippen LogP contribution in [0.4, 0.5) is 4.79 Å². The van der Waals surface area contributed by atoms with Gasteiger partial charge in [0.25, 0.3) is 5.91 Å². The number of nitrogens with zero attached hydrogens (tertiary/aromatic N) is 1. The van der Waals surface area contributed by atoms with Crippen LogP contribution in [-0.2, 0) is 30.4 Å². The Kier molecular flexibility index (Phi) is 23.0. The highest BCUT2D eigenvalue weighted by atomic mass is 16.2. The van der Waals surface area contributed by atoms with Gasteiger partial charge in [-0.15, -0.1) is 0 Å². The predicted octanol–water partition coefficient (Wildman–Crippen LogP) is 6.46. The Morgan fingerprint density at radius 2 is 1.31 bits per heavy atom. The van der Waals surface area contributed by atoms with E-state index in [0.717, 1.165) is 11.5 Å². The summed E-state index contributed by atoms with van der Waals surface area (Å²) in [5, 5.41) is 8.26. The van der Waals surface area contributed by atoms with Gasteiger partial charge in [-0.05, 0) is 47.5 Å². The Balaban J connectivity index is 0. The minimum absolute atomic E-state index is 0.0122. The zero-order valence-electron chi connectivity index (χ0n) is 35.2. The van der Waals surface area contributed by atoms with Gasteiger partial charge in [0.15, 0.2) is 0 Å². The van der Waals surface area contributed by atoms with Crippen molar-refractivity contribution in [2.45, 2.75) is 154 Å². The van der Waals surface area contributed by atoms with E-state index in [9.17, 15) is 28.8 Å². The molecule has 1 aliphatic heterocycles. The maximum atomic E-state index is 14.2. The Labute approximate surface area is 315 Å². The van der Waals surface area contributed by atoms with Crippen molar-refractivity contribution in [3.63, 3.8) is 0 Å². The molecule has 1 aromatic rings. The molecule has 11 heteroatoms. The summed E-state index contributed by atoms with van der Waals surface area (Å²) in [4.78, 5) is 78.5. The van der Waals surface area contributed by atoms with Crippen molar-refractivity contribution in [1.29, 1.82) is 0 Å². The molecule has 1 saturated heterocycles. The van der Waals surface area contributed by atoms with Crippen LogP contribution in [0.1, 0.15) is 129 Å². The molecule has 1 heterocycles. The highest BCUT2D eigenvalue weighted by molar-refractivity contribution is 6.37. The average Bonchev–Trinajstić information content (AvgIpc) is 3.51. The summed E-state index contributed by atoms with van der Waals surface area (Å²) in [5.41, 5.74) is 5.03. The van der Waals surface area contributed by atoms with Gasteiger partial charge in [-0.1, -0.05) is 134 Å². The first kappa shape index (κ1) is 50.3. The van der Waals surface area contributed by atoms with Gasteiger partial charge in [0, 0.05) is 25.4 Å². The first-order chi connectivity index (χ1) is 23.9. The number of amides is 5. The number of hydrogen-bond acceptors (Lipinski definition) is 6. The van der Waals surface area contributed by atoms with Gasteiger partial charge >= 0.3 is 6.03 Å². The van der Waals surface area contributed by atoms with Crippen LogP contribution in [0.2, 0.25) is 0 Å². The molecule has 0 radical (unpaired) electrons. The summed E-state index contributed by atoms with van der Waals surface area (Å²) in [5.74, 6) is -2.37. The van der Waals surface area contributed by atoms with Crippen LogP contribution in [0, 0.1) is 28.6 Å². The van der Waals surface area contributed by atoms with Gasteiger partial charge in [-0.3, -0.25) is 24.0 Å². The number of nitrogens with one attached hydrogen (secondary N) is 3. The van der Waals surface area contributed by atoms with E-state index < -0.39 is 59.1 Å². The molecule has 5 unspecified atom stereocenters. The van der Waals surface area contributed by atoms with Crippen LogP contribution in [0.15, 0.2) is 30.3 Å². The Bertz CT molecular complexity index is 1260. The van der Waals surface area contributed by atoms with Crippen molar-refractivity contribution >= 4 is 35.3 Å². The highest BCUT2D eigenvalue weighted by Gasteiger charge is 2.47. The first-order valence-electron chi connectivity index (χ1n) is 19.0. The van der Waals surface area contributed by atoms with Crippen LogP contribution in [-0.4, -0.2) is 70.9 Å². The summed E-state index contributed by atoms with van der Waals surface area (Å²) in [6.07, 6.45) is 0.742. The van der Waals surface area contributed by atoms with Crippen molar-refractivity contribution < 1.29 is 28.8 Å². The molecule has 0 bridgehead atoms. The third-order valence-electron chi connectivity index (χ3n) is 8.31. The van der Waals surface area contributed by atoms with E-state index in [4.69, 9.17) is 5.73 Å². The molecule has 1 aromatic carbocycles. The summed E-state index contributed by atoms with van der Waals surface area (Å²) < 4.78 is 0. The maximum absolute atomic E-state index is 14.2. The Morgan fingerprint density at radius 3 is 1.73 bits per heavy atom. The largest absolute Gasteiger partial charge is 0.363 e. The van der Waals surface area contributed by atoms with Gasteiger partial charge in [0.1, 0.15) is 17.9 Å². The van der Waals surface area contributed by atoms with Crippen molar-refractivity contribution in [2.24, 2.45) is 34.3 Å². The van der Waals surface area contributed by atoms with Gasteiger partial charge in [-0.25, -0.2) is 4.79 Å². The van der Waals surface area contributed by atoms with Crippen LogP contribution in [0.25, 0.3) is 0 Å². The normalized spacial score (nSPS) is 17.1. The fourth-order valence-corrected chi connectivity index (χ4v) is 5.29. The van der Waals surface area contributed by atoms with E-state index in [1.54, 1.807) is 0 Å². The van der Waals surface area contributed by atoms with Crippen molar-refractivity contribution in [1.82, 2.24) is 20.9 Å². The zero-order chi connectivity index (χ0) is 41.1. The zero-order valence-corrected chi connectivity index (χ0v) is 35.2. The van der Waals surface area contributed by atoms with E-state index in [-0.39, 0.29) is 42.4 Å². The molecule has 1 fully saturated rings. The van der Waals surface area contributed by atoms with Crippen molar-refractivity contribution in [2.75, 3.05) is 6.54 Å². The monoisotopic (exact) mass is 732 g/mol. The fraction of sp³-hybridized carbons (Fsp3) is 0.707. The molecule has 5 amide bonds.